The second-order valence-electron chi connectivity index (χ2n) is 4.46. The Kier molecular flexibility index (Phi) is 3.87. The molecule has 20 heavy (non-hydrogen) atoms. The molecule has 0 aliphatic heterocycles. The third-order valence-corrected chi connectivity index (χ3v) is 4.60. The predicted octanol–water partition coefficient (Wildman–Crippen LogP) is 2.73. The van der Waals surface area contributed by atoms with Crippen LogP contribution >= 0.6 is 11.6 Å². The van der Waals surface area contributed by atoms with E-state index in [0.717, 1.165) is 5.56 Å². The molecule has 1 heterocycles. The maximum atomic E-state index is 12.2. The fraction of sp³-hybridized carbons (Fsp3) is 0.154. The number of pyridine rings is 1. The second kappa shape index (κ2) is 5.30. The van der Waals surface area contributed by atoms with Crippen LogP contribution in [0.3, 0.4) is 0 Å². The van der Waals surface area contributed by atoms with Crippen molar-refractivity contribution in [1.29, 1.82) is 0 Å². The minimum atomic E-state index is -3.70. The first kappa shape index (κ1) is 14.6. The normalized spacial score (nSPS) is 11.3. The fourth-order valence-electron chi connectivity index (χ4n) is 1.61. The molecular weight excluding hydrogens is 298 g/mol. The van der Waals surface area contributed by atoms with E-state index in [1.54, 1.807) is 19.1 Å². The summed E-state index contributed by atoms with van der Waals surface area (Å²) in [7, 11) is -3.70. The van der Waals surface area contributed by atoms with Crippen molar-refractivity contribution < 1.29 is 8.42 Å². The smallest absolute Gasteiger partial charge is 0.262 e. The molecule has 0 spiro atoms. The van der Waals surface area contributed by atoms with Gasteiger partial charge in [0.15, 0.2) is 0 Å². The number of sulfonamides is 1. The number of nitrogens with one attached hydrogen (secondary N) is 1. The van der Waals surface area contributed by atoms with Crippen LogP contribution in [0.25, 0.3) is 0 Å². The molecule has 0 bridgehead atoms. The maximum Gasteiger partial charge on any atom is 0.262 e. The summed E-state index contributed by atoms with van der Waals surface area (Å²) in [4.78, 5) is 4.01. The first-order valence-electron chi connectivity index (χ1n) is 5.81. The van der Waals surface area contributed by atoms with Gasteiger partial charge >= 0.3 is 0 Å². The van der Waals surface area contributed by atoms with E-state index in [9.17, 15) is 8.42 Å². The summed E-state index contributed by atoms with van der Waals surface area (Å²) in [5.74, 6) is 0. The topological polar surface area (TPSA) is 85.1 Å². The highest BCUT2D eigenvalue weighted by molar-refractivity contribution is 7.92. The largest absolute Gasteiger partial charge is 0.398 e. The lowest BCUT2D eigenvalue weighted by Gasteiger charge is -2.10. The van der Waals surface area contributed by atoms with E-state index in [1.807, 2.05) is 6.92 Å². The molecule has 2 rings (SSSR count). The average molecular weight is 312 g/mol. The van der Waals surface area contributed by atoms with Crippen LogP contribution in [0.15, 0.2) is 35.4 Å². The Balaban J connectivity index is 2.35. The number of nitrogens with two attached hydrogens (primary N) is 1. The third-order valence-electron chi connectivity index (χ3n) is 2.83. The lowest BCUT2D eigenvalue weighted by molar-refractivity contribution is 0.601. The van der Waals surface area contributed by atoms with Crippen molar-refractivity contribution in [2.24, 2.45) is 0 Å². The van der Waals surface area contributed by atoms with Crippen LogP contribution in [-0.2, 0) is 10.0 Å². The molecule has 0 fully saturated rings. The highest BCUT2D eigenvalue weighted by Gasteiger charge is 2.15. The van der Waals surface area contributed by atoms with Gasteiger partial charge in [0, 0.05) is 5.69 Å². The number of rotatable bonds is 3. The number of nitrogen functional groups attached to an aromatic ring is 1. The van der Waals surface area contributed by atoms with E-state index in [0.29, 0.717) is 22.1 Å². The number of aromatic nitrogens is 1. The summed E-state index contributed by atoms with van der Waals surface area (Å²) in [6.07, 6.45) is 1.37. The molecular formula is C13H14ClN3O2S. The molecule has 0 saturated carbocycles. The molecule has 106 valence electrons. The Morgan fingerprint density at radius 1 is 1.20 bits per heavy atom. The Hall–Kier alpha value is -1.79. The standard InChI is InChI=1S/C13H14ClN3O2S/c1-8-3-4-11(6-12(8)15)20(18,19)17-10-5-9(2)13(14)16-7-10/h3-7,17H,15H2,1-2H3. The molecule has 0 atom stereocenters. The monoisotopic (exact) mass is 311 g/mol. The summed E-state index contributed by atoms with van der Waals surface area (Å²) >= 11 is 5.80. The van der Waals surface area contributed by atoms with Gasteiger partial charge in [0.2, 0.25) is 0 Å². The van der Waals surface area contributed by atoms with Crippen molar-refractivity contribution in [2.45, 2.75) is 18.7 Å². The molecule has 7 heteroatoms. The maximum absolute atomic E-state index is 12.2. The molecule has 5 nitrogen and oxygen atoms in total. The van der Waals surface area contributed by atoms with Crippen LogP contribution < -0.4 is 10.5 Å². The summed E-state index contributed by atoms with van der Waals surface area (Å²) in [5, 5.41) is 0.340. The van der Waals surface area contributed by atoms with E-state index in [1.165, 1.54) is 18.3 Å². The lowest BCUT2D eigenvalue weighted by Crippen LogP contribution is -2.13. The number of benzene rings is 1. The van der Waals surface area contributed by atoms with Crippen molar-refractivity contribution in [3.05, 3.63) is 46.7 Å². The summed E-state index contributed by atoms with van der Waals surface area (Å²) < 4.78 is 26.9. The molecule has 0 unspecified atom stereocenters. The van der Waals surface area contributed by atoms with Crippen LogP contribution in [0, 0.1) is 13.8 Å². The Morgan fingerprint density at radius 3 is 2.50 bits per heavy atom. The first-order chi connectivity index (χ1) is 9.29. The molecule has 0 aliphatic rings. The van der Waals surface area contributed by atoms with Crippen molar-refractivity contribution in [3.8, 4) is 0 Å². The number of hydrogen-bond donors (Lipinski definition) is 2. The zero-order valence-electron chi connectivity index (χ0n) is 11.0. The number of halogens is 1. The molecule has 2 aromatic rings. The summed E-state index contributed by atoms with van der Waals surface area (Å²) in [5.41, 5.74) is 8.03. The highest BCUT2D eigenvalue weighted by Crippen LogP contribution is 2.22. The SMILES string of the molecule is Cc1ccc(S(=O)(=O)Nc2cnc(Cl)c(C)c2)cc1N. The van der Waals surface area contributed by atoms with Crippen LogP contribution in [-0.4, -0.2) is 13.4 Å². The van der Waals surface area contributed by atoms with Crippen molar-refractivity contribution in [2.75, 3.05) is 10.5 Å². The molecule has 0 amide bonds. The summed E-state index contributed by atoms with van der Waals surface area (Å²) in [6.45, 7) is 3.56. The van der Waals surface area contributed by atoms with Gasteiger partial charge in [0.05, 0.1) is 16.8 Å². The molecule has 0 aliphatic carbocycles. The van der Waals surface area contributed by atoms with Gasteiger partial charge in [-0.3, -0.25) is 4.72 Å². The molecule has 1 aromatic heterocycles. The Morgan fingerprint density at radius 2 is 1.90 bits per heavy atom. The fourth-order valence-corrected chi connectivity index (χ4v) is 2.79. The number of anilines is 2. The van der Waals surface area contributed by atoms with Crippen molar-refractivity contribution in [3.63, 3.8) is 0 Å². The predicted molar refractivity (Wildman–Crippen MR) is 80.4 cm³/mol. The number of nitrogens with zero attached hydrogens (tertiary/aromatic N) is 1. The van der Waals surface area contributed by atoms with Gasteiger partial charge in [0.1, 0.15) is 5.15 Å². The van der Waals surface area contributed by atoms with Gasteiger partial charge in [-0.05, 0) is 43.2 Å². The van der Waals surface area contributed by atoms with Gasteiger partial charge < -0.3 is 5.73 Å². The Labute approximate surface area is 122 Å². The average Bonchev–Trinajstić information content (AvgIpc) is 2.37. The van der Waals surface area contributed by atoms with Gasteiger partial charge in [-0.1, -0.05) is 17.7 Å². The van der Waals surface area contributed by atoms with Crippen LogP contribution in [0.5, 0.6) is 0 Å². The zero-order chi connectivity index (χ0) is 14.9. The van der Waals surface area contributed by atoms with Crippen LogP contribution in [0.2, 0.25) is 5.15 Å². The lowest BCUT2D eigenvalue weighted by atomic mass is 10.2. The summed E-state index contributed by atoms with van der Waals surface area (Å²) in [6, 6.07) is 6.21. The van der Waals surface area contributed by atoms with E-state index in [4.69, 9.17) is 17.3 Å². The third kappa shape index (κ3) is 3.02. The van der Waals surface area contributed by atoms with E-state index >= 15 is 0 Å². The Bertz CT molecular complexity index is 760. The van der Waals surface area contributed by atoms with Gasteiger partial charge in [-0.25, -0.2) is 13.4 Å². The van der Waals surface area contributed by atoms with Gasteiger partial charge in [-0.15, -0.1) is 0 Å². The molecule has 1 aromatic carbocycles. The number of hydrogen-bond acceptors (Lipinski definition) is 4. The first-order valence-corrected chi connectivity index (χ1v) is 7.67. The van der Waals surface area contributed by atoms with Crippen molar-refractivity contribution in [1.82, 2.24) is 4.98 Å². The second-order valence-corrected chi connectivity index (χ2v) is 6.50. The van der Waals surface area contributed by atoms with E-state index < -0.39 is 10.0 Å². The quantitative estimate of drug-likeness (QED) is 0.674. The minimum absolute atomic E-state index is 0.105. The number of aryl methyl sites for hydroxylation is 2. The van der Waals surface area contributed by atoms with Gasteiger partial charge in [-0.2, -0.15) is 0 Å². The van der Waals surface area contributed by atoms with Crippen LogP contribution in [0.1, 0.15) is 11.1 Å². The molecule has 3 N–H and O–H groups in total. The zero-order valence-corrected chi connectivity index (χ0v) is 12.6. The highest BCUT2D eigenvalue weighted by atomic mass is 35.5. The molecule has 0 radical (unpaired) electrons. The van der Waals surface area contributed by atoms with Gasteiger partial charge in [0.25, 0.3) is 10.0 Å². The minimum Gasteiger partial charge on any atom is -0.398 e. The van der Waals surface area contributed by atoms with E-state index in [2.05, 4.69) is 9.71 Å². The molecule has 0 saturated heterocycles. The van der Waals surface area contributed by atoms with Crippen molar-refractivity contribution >= 4 is 33.0 Å². The van der Waals surface area contributed by atoms with Crippen LogP contribution in [0.4, 0.5) is 11.4 Å². The van der Waals surface area contributed by atoms with E-state index in [-0.39, 0.29) is 4.90 Å².